The molecule has 3 N–H and O–H groups in total. The van der Waals surface area contributed by atoms with Crippen LogP contribution in [0.25, 0.3) is 0 Å². The first-order valence-electron chi connectivity index (χ1n) is 6.30. The first-order valence-corrected chi connectivity index (χ1v) is 7.09. The van der Waals surface area contributed by atoms with Crippen LogP contribution in [0.4, 0.5) is 11.4 Å². The zero-order valence-corrected chi connectivity index (χ0v) is 12.3. The van der Waals surface area contributed by atoms with Crippen molar-refractivity contribution in [3.05, 3.63) is 22.7 Å². The summed E-state index contributed by atoms with van der Waals surface area (Å²) in [5.41, 5.74) is 7.06. The maximum absolute atomic E-state index is 12.0. The van der Waals surface area contributed by atoms with Crippen LogP contribution in [-0.4, -0.2) is 43.7 Å². The summed E-state index contributed by atoms with van der Waals surface area (Å²) in [5.74, 6) is -0.0210. The van der Waals surface area contributed by atoms with Crippen LogP contribution in [0.1, 0.15) is 6.42 Å². The molecule has 0 atom stereocenters. The number of rotatable bonds is 3. The largest absolute Gasteiger partial charge is 0.399 e. The Morgan fingerprint density at radius 2 is 2.26 bits per heavy atom. The van der Waals surface area contributed by atoms with Gasteiger partial charge in [-0.05, 0) is 40.5 Å². The number of carbonyl (C=O) groups is 1. The molecule has 0 unspecified atom stereocenters. The third kappa shape index (κ3) is 4.49. The van der Waals surface area contributed by atoms with Crippen LogP contribution in [0.15, 0.2) is 22.7 Å². The summed E-state index contributed by atoms with van der Waals surface area (Å²) in [7, 11) is 0. The Labute approximate surface area is 121 Å². The topological polar surface area (TPSA) is 67.6 Å². The average molecular weight is 328 g/mol. The van der Waals surface area contributed by atoms with Gasteiger partial charge in [0.2, 0.25) is 5.91 Å². The van der Waals surface area contributed by atoms with Crippen LogP contribution in [0, 0.1) is 0 Å². The second-order valence-corrected chi connectivity index (χ2v) is 5.38. The van der Waals surface area contributed by atoms with E-state index in [9.17, 15) is 4.79 Å². The van der Waals surface area contributed by atoms with Gasteiger partial charge in [0.1, 0.15) is 0 Å². The molecule has 104 valence electrons. The molecule has 1 aliphatic heterocycles. The highest BCUT2D eigenvalue weighted by molar-refractivity contribution is 9.10. The van der Waals surface area contributed by atoms with Gasteiger partial charge in [0.05, 0.1) is 18.8 Å². The number of benzene rings is 1. The minimum Gasteiger partial charge on any atom is -0.399 e. The van der Waals surface area contributed by atoms with Crippen molar-refractivity contribution in [1.29, 1.82) is 0 Å². The van der Waals surface area contributed by atoms with Crippen LogP contribution in [0.5, 0.6) is 0 Å². The Kier molecular flexibility index (Phi) is 5.18. The molecule has 1 aromatic carbocycles. The summed E-state index contributed by atoms with van der Waals surface area (Å²) in [5, 5.41) is 2.88. The van der Waals surface area contributed by atoms with Crippen LogP contribution < -0.4 is 11.1 Å². The van der Waals surface area contributed by atoms with Crippen LogP contribution in [0.2, 0.25) is 0 Å². The van der Waals surface area contributed by atoms with Gasteiger partial charge in [0.25, 0.3) is 0 Å². The highest BCUT2D eigenvalue weighted by atomic mass is 79.9. The fourth-order valence-corrected chi connectivity index (χ4v) is 2.48. The molecule has 1 aliphatic rings. The first-order chi connectivity index (χ1) is 9.15. The average Bonchev–Trinajstić information content (AvgIpc) is 2.61. The number of nitrogens with two attached hydrogens (primary N) is 1. The Morgan fingerprint density at radius 3 is 3.05 bits per heavy atom. The lowest BCUT2D eigenvalue weighted by atomic mass is 10.3. The Morgan fingerprint density at radius 1 is 1.42 bits per heavy atom. The Balaban J connectivity index is 1.89. The lowest BCUT2D eigenvalue weighted by Crippen LogP contribution is -2.35. The smallest absolute Gasteiger partial charge is 0.238 e. The van der Waals surface area contributed by atoms with E-state index in [1.807, 2.05) is 0 Å². The molecule has 1 heterocycles. The minimum atomic E-state index is -0.0210. The molecule has 2 rings (SSSR count). The van der Waals surface area contributed by atoms with Gasteiger partial charge >= 0.3 is 0 Å². The van der Waals surface area contributed by atoms with Gasteiger partial charge < -0.3 is 15.8 Å². The molecule has 1 aromatic rings. The standard InChI is InChI=1S/C13H18BrN3O2/c14-11-8-10(15)2-3-12(11)16-13(18)9-17-4-1-6-19-7-5-17/h2-3,8H,1,4-7,9,15H2,(H,16,18). The summed E-state index contributed by atoms with van der Waals surface area (Å²) < 4.78 is 6.15. The summed E-state index contributed by atoms with van der Waals surface area (Å²) >= 11 is 3.38. The Bertz CT molecular complexity index is 446. The molecule has 1 fully saturated rings. The number of nitrogens with zero attached hydrogens (tertiary/aromatic N) is 1. The molecule has 1 amide bonds. The number of carbonyl (C=O) groups excluding carboxylic acids is 1. The van der Waals surface area contributed by atoms with Gasteiger partial charge in [-0.3, -0.25) is 9.69 Å². The van der Waals surface area contributed by atoms with Crippen molar-refractivity contribution < 1.29 is 9.53 Å². The summed E-state index contributed by atoms with van der Waals surface area (Å²) in [4.78, 5) is 14.1. The molecule has 0 spiro atoms. The SMILES string of the molecule is Nc1ccc(NC(=O)CN2CCCOCC2)c(Br)c1. The molecular weight excluding hydrogens is 310 g/mol. The van der Waals surface area contributed by atoms with Crippen molar-refractivity contribution >= 4 is 33.2 Å². The third-order valence-corrected chi connectivity index (χ3v) is 3.61. The number of amides is 1. The number of hydrogen-bond donors (Lipinski definition) is 2. The maximum atomic E-state index is 12.0. The van der Waals surface area contributed by atoms with E-state index in [4.69, 9.17) is 10.5 Å². The molecule has 5 nitrogen and oxygen atoms in total. The third-order valence-electron chi connectivity index (χ3n) is 2.95. The molecule has 6 heteroatoms. The van der Waals surface area contributed by atoms with E-state index >= 15 is 0 Å². The number of ether oxygens (including phenoxy) is 1. The zero-order chi connectivity index (χ0) is 13.7. The second kappa shape index (κ2) is 6.88. The van der Waals surface area contributed by atoms with Crippen molar-refractivity contribution in [2.45, 2.75) is 6.42 Å². The molecule has 0 aliphatic carbocycles. The van der Waals surface area contributed by atoms with Crippen molar-refractivity contribution in [3.8, 4) is 0 Å². The molecular formula is C13H18BrN3O2. The van der Waals surface area contributed by atoms with Crippen LogP contribution in [-0.2, 0) is 9.53 Å². The monoisotopic (exact) mass is 327 g/mol. The number of anilines is 2. The number of nitrogen functional groups attached to an aromatic ring is 1. The van der Waals surface area contributed by atoms with E-state index < -0.39 is 0 Å². The van der Waals surface area contributed by atoms with Gasteiger partial charge in [-0.2, -0.15) is 0 Å². The van der Waals surface area contributed by atoms with Gasteiger partial charge in [0.15, 0.2) is 0 Å². The number of hydrogen-bond acceptors (Lipinski definition) is 4. The van der Waals surface area contributed by atoms with E-state index in [1.165, 1.54) is 0 Å². The van der Waals surface area contributed by atoms with E-state index in [-0.39, 0.29) is 5.91 Å². The van der Waals surface area contributed by atoms with Crippen molar-refractivity contribution in [2.75, 3.05) is 43.9 Å². The summed E-state index contributed by atoms with van der Waals surface area (Å²) in [6.45, 7) is 3.56. The Hall–Kier alpha value is -1.11. The molecule has 0 bridgehead atoms. The van der Waals surface area contributed by atoms with E-state index in [2.05, 4.69) is 26.1 Å². The number of halogens is 1. The molecule has 19 heavy (non-hydrogen) atoms. The first kappa shape index (κ1) is 14.3. The van der Waals surface area contributed by atoms with Gasteiger partial charge in [-0.25, -0.2) is 0 Å². The van der Waals surface area contributed by atoms with Crippen molar-refractivity contribution in [3.63, 3.8) is 0 Å². The summed E-state index contributed by atoms with van der Waals surface area (Å²) in [6.07, 6.45) is 0.971. The van der Waals surface area contributed by atoms with Gasteiger partial charge in [-0.1, -0.05) is 0 Å². The zero-order valence-electron chi connectivity index (χ0n) is 10.7. The normalized spacial score (nSPS) is 16.9. The predicted octanol–water partition coefficient (Wildman–Crippen LogP) is 1.69. The van der Waals surface area contributed by atoms with E-state index in [1.54, 1.807) is 18.2 Å². The molecule has 1 saturated heterocycles. The lowest BCUT2D eigenvalue weighted by Gasteiger charge is -2.18. The van der Waals surface area contributed by atoms with E-state index in [0.29, 0.717) is 18.8 Å². The van der Waals surface area contributed by atoms with E-state index in [0.717, 1.165) is 36.3 Å². The fraction of sp³-hybridized carbons (Fsp3) is 0.462. The van der Waals surface area contributed by atoms with Crippen molar-refractivity contribution in [2.24, 2.45) is 0 Å². The van der Waals surface area contributed by atoms with Crippen LogP contribution in [0.3, 0.4) is 0 Å². The van der Waals surface area contributed by atoms with Crippen molar-refractivity contribution in [1.82, 2.24) is 4.90 Å². The maximum Gasteiger partial charge on any atom is 0.238 e. The predicted molar refractivity (Wildman–Crippen MR) is 79.1 cm³/mol. The van der Waals surface area contributed by atoms with Gasteiger partial charge in [0, 0.05) is 29.9 Å². The minimum absolute atomic E-state index is 0.0210. The second-order valence-electron chi connectivity index (χ2n) is 4.53. The lowest BCUT2D eigenvalue weighted by molar-refractivity contribution is -0.117. The molecule has 0 aromatic heterocycles. The van der Waals surface area contributed by atoms with Crippen LogP contribution >= 0.6 is 15.9 Å². The quantitative estimate of drug-likeness (QED) is 0.829. The molecule has 0 radical (unpaired) electrons. The van der Waals surface area contributed by atoms with Gasteiger partial charge in [-0.15, -0.1) is 0 Å². The highest BCUT2D eigenvalue weighted by Gasteiger charge is 2.13. The summed E-state index contributed by atoms with van der Waals surface area (Å²) in [6, 6.07) is 5.33. The highest BCUT2D eigenvalue weighted by Crippen LogP contribution is 2.24. The fourth-order valence-electron chi connectivity index (χ4n) is 1.98. The number of nitrogens with one attached hydrogen (secondary N) is 1. The molecule has 0 saturated carbocycles.